The van der Waals surface area contributed by atoms with E-state index in [2.05, 4.69) is 26.0 Å². The molecule has 8 nitrogen and oxygen atoms in total. The highest BCUT2D eigenvalue weighted by Gasteiger charge is 2.50. The molecular weight excluding hydrogens is 629 g/mol. The van der Waals surface area contributed by atoms with Gasteiger partial charge in [-0.05, 0) is 111 Å². The highest BCUT2D eigenvalue weighted by molar-refractivity contribution is 5.94. The van der Waals surface area contributed by atoms with Gasteiger partial charge in [0.1, 0.15) is 29.6 Å². The molecule has 4 bridgehead atoms. The quantitative estimate of drug-likeness (QED) is 0.236. The Balaban J connectivity index is 1.16. The molecule has 1 saturated carbocycles. The summed E-state index contributed by atoms with van der Waals surface area (Å²) in [6.07, 6.45) is 17.0. The van der Waals surface area contributed by atoms with Crippen LogP contribution in [0, 0.1) is 35.3 Å². The minimum absolute atomic E-state index is 0.00558. The number of piperidine rings is 1. The van der Waals surface area contributed by atoms with Crippen LogP contribution in [-0.4, -0.2) is 76.9 Å². The summed E-state index contributed by atoms with van der Waals surface area (Å²) in [5, 5.41) is 14.3. The second-order valence-corrected chi connectivity index (χ2v) is 14.9. The van der Waals surface area contributed by atoms with Crippen LogP contribution in [0.4, 0.5) is 19.0 Å². The number of phenolic OH excluding ortho intramolecular Hbond substituents is 1. The first-order valence-corrected chi connectivity index (χ1v) is 17.6. The average molecular weight is 673 g/mol. The number of aromatic hydroxyl groups is 1. The molecule has 5 fully saturated rings. The second kappa shape index (κ2) is 12.8. The number of alkyl halides is 1. The molecule has 0 spiro atoms. The number of nitrogens with one attached hydrogen (secondary N) is 1. The number of phenols is 1. The summed E-state index contributed by atoms with van der Waals surface area (Å²) in [5.41, 5.74) is 5.57. The Kier molecular flexibility index (Phi) is 8.45. The number of fused-ring (bicyclic) bond motifs is 5. The van der Waals surface area contributed by atoms with Crippen LogP contribution in [0.5, 0.6) is 11.8 Å². The third-order valence-electron chi connectivity index (χ3n) is 11.7. The number of piperazine rings is 1. The Morgan fingerprint density at radius 2 is 1.82 bits per heavy atom. The number of benzene rings is 2. The van der Waals surface area contributed by atoms with Gasteiger partial charge in [-0.3, -0.25) is 4.90 Å². The van der Waals surface area contributed by atoms with Crippen molar-refractivity contribution in [3.05, 3.63) is 47.0 Å². The lowest BCUT2D eigenvalue weighted by atomic mass is 9.89. The van der Waals surface area contributed by atoms with Gasteiger partial charge in [-0.2, -0.15) is 9.97 Å². The molecule has 11 heteroatoms. The van der Waals surface area contributed by atoms with Crippen LogP contribution < -0.4 is 20.7 Å². The van der Waals surface area contributed by atoms with Gasteiger partial charge < -0.3 is 25.8 Å². The molecule has 4 aliphatic heterocycles. The SMILES string of the molecule is C#C/C=C\c1cc(O)cc(-c2c(F)cc3c(N4CC5CCC(C4)N5)nc(OCC4(CN5C6CCC5CC(CN)C6)CC4)nc3c2F)c1CF. The van der Waals surface area contributed by atoms with Crippen molar-refractivity contribution in [2.45, 2.75) is 82.2 Å². The van der Waals surface area contributed by atoms with Crippen molar-refractivity contribution in [2.24, 2.45) is 17.1 Å². The maximum Gasteiger partial charge on any atom is 0.319 e. The van der Waals surface area contributed by atoms with Gasteiger partial charge in [-0.25, -0.2) is 13.2 Å². The summed E-state index contributed by atoms with van der Waals surface area (Å²) in [7, 11) is 0. The van der Waals surface area contributed by atoms with Crippen LogP contribution in [0.2, 0.25) is 0 Å². The zero-order valence-corrected chi connectivity index (χ0v) is 27.6. The smallest absolute Gasteiger partial charge is 0.319 e. The number of allylic oxidation sites excluding steroid dienone is 1. The fourth-order valence-corrected chi connectivity index (χ4v) is 8.99. The predicted octanol–water partition coefficient (Wildman–Crippen LogP) is 5.70. The van der Waals surface area contributed by atoms with Gasteiger partial charge in [0.05, 0.1) is 12.2 Å². The minimum Gasteiger partial charge on any atom is -0.508 e. The Hall–Kier alpha value is -3.85. The topological polar surface area (TPSA) is 99.8 Å². The van der Waals surface area contributed by atoms with E-state index in [1.807, 2.05) is 0 Å². The highest BCUT2D eigenvalue weighted by Crippen LogP contribution is 2.50. The number of hydrogen-bond donors (Lipinski definition) is 3. The lowest BCUT2D eigenvalue weighted by molar-refractivity contribution is 0.0671. The molecule has 2 aromatic carbocycles. The van der Waals surface area contributed by atoms with Gasteiger partial charge in [0.25, 0.3) is 0 Å². The lowest BCUT2D eigenvalue weighted by Gasteiger charge is -2.40. The molecule has 0 amide bonds. The molecule has 49 heavy (non-hydrogen) atoms. The van der Waals surface area contributed by atoms with Gasteiger partial charge in [-0.15, -0.1) is 6.42 Å². The van der Waals surface area contributed by atoms with Crippen molar-refractivity contribution in [3.8, 4) is 35.2 Å². The second-order valence-electron chi connectivity index (χ2n) is 14.9. The third-order valence-corrected chi connectivity index (χ3v) is 11.7. The van der Waals surface area contributed by atoms with Crippen molar-refractivity contribution in [3.63, 3.8) is 0 Å². The van der Waals surface area contributed by atoms with Crippen molar-refractivity contribution in [1.29, 1.82) is 0 Å². The molecule has 4 saturated heterocycles. The van der Waals surface area contributed by atoms with E-state index >= 15 is 8.78 Å². The van der Waals surface area contributed by atoms with Crippen LogP contribution >= 0.6 is 0 Å². The van der Waals surface area contributed by atoms with Gasteiger partial charge >= 0.3 is 6.01 Å². The summed E-state index contributed by atoms with van der Waals surface area (Å²) in [6, 6.07) is 5.38. The Bertz CT molecular complexity index is 1810. The van der Waals surface area contributed by atoms with Crippen molar-refractivity contribution in [1.82, 2.24) is 20.2 Å². The first-order valence-electron chi connectivity index (χ1n) is 17.6. The first-order chi connectivity index (χ1) is 23.8. The molecular formula is C38H43F3N6O2. The molecule has 4 unspecified atom stereocenters. The Labute approximate surface area is 284 Å². The van der Waals surface area contributed by atoms with Crippen LogP contribution in [0.25, 0.3) is 28.1 Å². The van der Waals surface area contributed by atoms with E-state index in [4.69, 9.17) is 21.9 Å². The van der Waals surface area contributed by atoms with Gasteiger partial charge in [0, 0.05) is 54.6 Å². The minimum atomic E-state index is -1.03. The molecule has 258 valence electrons. The first kappa shape index (κ1) is 32.4. The summed E-state index contributed by atoms with van der Waals surface area (Å²) >= 11 is 0. The number of hydrogen-bond acceptors (Lipinski definition) is 8. The summed E-state index contributed by atoms with van der Waals surface area (Å²) in [4.78, 5) is 14.1. The summed E-state index contributed by atoms with van der Waals surface area (Å²) < 4.78 is 53.8. The van der Waals surface area contributed by atoms with E-state index in [0.29, 0.717) is 43.5 Å². The fraction of sp³-hybridized carbons (Fsp3) is 0.526. The largest absolute Gasteiger partial charge is 0.508 e. The standard InChI is InChI=1S/C38H43F3N6O2/c1-2-3-4-23-13-28(48)14-29(31(23)16-39)33-32(40)15-30-35(34(33)41)44-37(45-36(30)46-18-24-5-6-25(19-46)43-24)49-21-38(9-10-38)20-47-26-7-8-27(47)12-22(11-26)17-42/h1,3-4,13-15,22,24-27,43,48H,5-12,16-21,42H2/b4-3-. The number of terminal acetylenes is 1. The van der Waals surface area contributed by atoms with Crippen LogP contribution in [-0.2, 0) is 6.67 Å². The van der Waals surface area contributed by atoms with Gasteiger partial charge in [0.15, 0.2) is 5.82 Å². The Morgan fingerprint density at radius 3 is 2.47 bits per heavy atom. The van der Waals surface area contributed by atoms with E-state index in [1.54, 1.807) is 0 Å². The van der Waals surface area contributed by atoms with E-state index in [9.17, 15) is 9.50 Å². The van der Waals surface area contributed by atoms with Crippen molar-refractivity contribution in [2.75, 3.05) is 37.7 Å². The van der Waals surface area contributed by atoms with Crippen LogP contribution in [0.15, 0.2) is 24.3 Å². The van der Waals surface area contributed by atoms with Crippen LogP contribution in [0.3, 0.4) is 0 Å². The summed E-state index contributed by atoms with van der Waals surface area (Å²) in [6.45, 7) is 2.35. The third kappa shape index (κ3) is 6.02. The number of anilines is 1. The number of rotatable bonds is 10. The maximum absolute atomic E-state index is 16.8. The molecule has 1 aliphatic carbocycles. The molecule has 4 atom stereocenters. The van der Waals surface area contributed by atoms with Crippen molar-refractivity contribution >= 4 is 22.8 Å². The van der Waals surface area contributed by atoms with E-state index in [1.165, 1.54) is 43.2 Å². The molecule has 3 aromatic rings. The number of ether oxygens (including phenoxy) is 1. The zero-order chi connectivity index (χ0) is 33.9. The summed E-state index contributed by atoms with van der Waals surface area (Å²) in [5.74, 6) is 1.21. The van der Waals surface area contributed by atoms with Crippen molar-refractivity contribution < 1.29 is 23.0 Å². The molecule has 5 aliphatic rings. The number of aromatic nitrogens is 2. The monoisotopic (exact) mass is 672 g/mol. The van der Waals surface area contributed by atoms with E-state index in [0.717, 1.165) is 51.6 Å². The Morgan fingerprint density at radius 1 is 1.08 bits per heavy atom. The van der Waals surface area contributed by atoms with E-state index in [-0.39, 0.29) is 56.9 Å². The van der Waals surface area contributed by atoms with Gasteiger partial charge in [0.2, 0.25) is 0 Å². The molecule has 4 N–H and O–H groups in total. The molecule has 1 aromatic heterocycles. The predicted molar refractivity (Wildman–Crippen MR) is 184 cm³/mol. The number of halogens is 3. The number of nitrogens with two attached hydrogens (primary N) is 1. The zero-order valence-electron chi connectivity index (χ0n) is 27.6. The molecule has 8 rings (SSSR count). The lowest BCUT2D eigenvalue weighted by Crippen LogP contribution is -2.51. The van der Waals surface area contributed by atoms with Gasteiger partial charge in [-0.1, -0.05) is 5.92 Å². The average Bonchev–Trinajstić information content (AvgIpc) is 3.73. The van der Waals surface area contributed by atoms with Crippen LogP contribution in [0.1, 0.15) is 62.5 Å². The maximum atomic E-state index is 16.8. The van der Waals surface area contributed by atoms with E-state index < -0.39 is 23.9 Å². The highest BCUT2D eigenvalue weighted by atomic mass is 19.1. The fourth-order valence-electron chi connectivity index (χ4n) is 8.99. The molecule has 5 heterocycles. The molecule has 0 radical (unpaired) electrons. The number of nitrogens with zero attached hydrogens (tertiary/aromatic N) is 4. The normalized spacial score (nSPS) is 27.2.